The molecule has 6 nitrogen and oxygen atoms in total. The molecule has 2 aliphatic rings. The van der Waals surface area contributed by atoms with Gasteiger partial charge < -0.3 is 5.32 Å². The van der Waals surface area contributed by atoms with Gasteiger partial charge in [-0.05, 0) is 54.7 Å². The van der Waals surface area contributed by atoms with E-state index >= 15 is 0 Å². The number of carbonyl (C=O) groups is 2. The number of sulfonamides is 1. The third kappa shape index (κ3) is 2.60. The first-order valence-electron chi connectivity index (χ1n) is 8.04. The molecule has 128 valence electrons. The van der Waals surface area contributed by atoms with Crippen LogP contribution < -0.4 is 5.32 Å². The summed E-state index contributed by atoms with van der Waals surface area (Å²) in [4.78, 5) is 24.6. The molecule has 0 fully saturated rings. The zero-order valence-corrected chi connectivity index (χ0v) is 14.2. The van der Waals surface area contributed by atoms with Crippen LogP contribution in [0.2, 0.25) is 0 Å². The summed E-state index contributed by atoms with van der Waals surface area (Å²) in [7, 11) is -3.97. The molecule has 0 saturated heterocycles. The van der Waals surface area contributed by atoms with Crippen molar-refractivity contribution in [2.75, 3.05) is 11.9 Å². The maximum Gasteiger partial charge on any atom is 0.269 e. The van der Waals surface area contributed by atoms with Crippen LogP contribution in [0.15, 0.2) is 47.4 Å². The molecule has 0 aromatic heterocycles. The van der Waals surface area contributed by atoms with Gasteiger partial charge in [-0.2, -0.15) is 0 Å². The first-order valence-corrected chi connectivity index (χ1v) is 9.48. The highest BCUT2D eigenvalue weighted by molar-refractivity contribution is 7.90. The highest BCUT2D eigenvalue weighted by atomic mass is 32.2. The van der Waals surface area contributed by atoms with E-state index < -0.39 is 28.4 Å². The number of amides is 2. The van der Waals surface area contributed by atoms with Crippen LogP contribution in [0.3, 0.4) is 0 Å². The summed E-state index contributed by atoms with van der Waals surface area (Å²) >= 11 is 0. The van der Waals surface area contributed by atoms with Gasteiger partial charge in [0.25, 0.3) is 15.9 Å². The van der Waals surface area contributed by atoms with Gasteiger partial charge in [0, 0.05) is 5.69 Å². The van der Waals surface area contributed by atoms with E-state index in [4.69, 9.17) is 0 Å². The van der Waals surface area contributed by atoms with Crippen LogP contribution in [0.5, 0.6) is 0 Å². The van der Waals surface area contributed by atoms with Crippen molar-refractivity contribution < 1.29 is 18.0 Å². The monoisotopic (exact) mass is 356 g/mol. The van der Waals surface area contributed by atoms with Gasteiger partial charge in [0.05, 0.1) is 5.56 Å². The van der Waals surface area contributed by atoms with Gasteiger partial charge in [-0.1, -0.05) is 18.2 Å². The van der Waals surface area contributed by atoms with Crippen molar-refractivity contribution in [1.29, 1.82) is 0 Å². The van der Waals surface area contributed by atoms with E-state index in [1.54, 1.807) is 18.2 Å². The SMILES string of the molecule is O=C(CN1C(=O)c2ccccc2S1(=O)=O)Nc1ccc2c(c1)CCC2. The van der Waals surface area contributed by atoms with Crippen molar-refractivity contribution >= 4 is 27.5 Å². The maximum atomic E-state index is 12.5. The number of benzene rings is 2. The Morgan fingerprint density at radius 1 is 1.08 bits per heavy atom. The molecule has 2 aromatic rings. The summed E-state index contributed by atoms with van der Waals surface area (Å²) in [6, 6.07) is 11.7. The summed E-state index contributed by atoms with van der Waals surface area (Å²) in [5.74, 6) is -1.21. The predicted octanol–water partition coefficient (Wildman–Crippen LogP) is 1.96. The number of nitrogens with one attached hydrogen (secondary N) is 1. The van der Waals surface area contributed by atoms with Gasteiger partial charge in [-0.15, -0.1) is 0 Å². The molecular weight excluding hydrogens is 340 g/mol. The summed E-state index contributed by atoms with van der Waals surface area (Å²) < 4.78 is 25.5. The molecule has 1 heterocycles. The Morgan fingerprint density at radius 2 is 1.84 bits per heavy atom. The van der Waals surface area contributed by atoms with Crippen molar-refractivity contribution in [3.63, 3.8) is 0 Å². The van der Waals surface area contributed by atoms with Crippen LogP contribution in [0.4, 0.5) is 5.69 Å². The van der Waals surface area contributed by atoms with Crippen LogP contribution in [0, 0.1) is 0 Å². The van der Waals surface area contributed by atoms with Gasteiger partial charge in [0.1, 0.15) is 11.4 Å². The third-order valence-corrected chi connectivity index (χ3v) is 6.37. The molecule has 2 aromatic carbocycles. The van der Waals surface area contributed by atoms with Crippen molar-refractivity contribution in [3.8, 4) is 0 Å². The van der Waals surface area contributed by atoms with Crippen molar-refractivity contribution in [3.05, 3.63) is 59.2 Å². The van der Waals surface area contributed by atoms with Crippen LogP contribution in [-0.4, -0.2) is 31.1 Å². The number of hydrogen-bond donors (Lipinski definition) is 1. The predicted molar refractivity (Wildman–Crippen MR) is 91.8 cm³/mol. The number of fused-ring (bicyclic) bond motifs is 2. The fourth-order valence-corrected chi connectivity index (χ4v) is 4.89. The zero-order valence-electron chi connectivity index (χ0n) is 13.4. The van der Waals surface area contributed by atoms with Crippen molar-refractivity contribution in [2.24, 2.45) is 0 Å². The third-order valence-electron chi connectivity index (χ3n) is 4.58. The Hall–Kier alpha value is -2.67. The lowest BCUT2D eigenvalue weighted by Gasteiger charge is -2.15. The number of nitrogens with zero attached hydrogens (tertiary/aromatic N) is 1. The largest absolute Gasteiger partial charge is 0.325 e. The average Bonchev–Trinajstić information content (AvgIpc) is 3.12. The molecule has 1 aliphatic heterocycles. The molecule has 4 rings (SSSR count). The molecule has 2 amide bonds. The average molecular weight is 356 g/mol. The first kappa shape index (κ1) is 15.8. The number of carbonyl (C=O) groups excluding carboxylic acids is 2. The van der Waals surface area contributed by atoms with E-state index in [1.165, 1.54) is 23.3 Å². The molecule has 1 N–H and O–H groups in total. The minimum atomic E-state index is -3.97. The first-order chi connectivity index (χ1) is 12.0. The van der Waals surface area contributed by atoms with Crippen LogP contribution >= 0.6 is 0 Å². The molecule has 0 spiro atoms. The van der Waals surface area contributed by atoms with Gasteiger partial charge in [0.2, 0.25) is 5.91 Å². The van der Waals surface area contributed by atoms with E-state index in [2.05, 4.69) is 5.32 Å². The fraction of sp³-hybridized carbons (Fsp3) is 0.222. The highest BCUT2D eigenvalue weighted by Crippen LogP contribution is 2.30. The lowest BCUT2D eigenvalue weighted by molar-refractivity contribution is -0.116. The second-order valence-corrected chi connectivity index (χ2v) is 8.03. The Balaban J connectivity index is 1.53. The maximum absolute atomic E-state index is 12.5. The Morgan fingerprint density at radius 3 is 2.64 bits per heavy atom. The number of aryl methyl sites for hydroxylation is 2. The van der Waals surface area contributed by atoms with Gasteiger partial charge in [-0.3, -0.25) is 9.59 Å². The molecule has 0 atom stereocenters. The van der Waals surface area contributed by atoms with Crippen LogP contribution in [-0.2, 0) is 27.7 Å². The van der Waals surface area contributed by atoms with Crippen LogP contribution in [0.1, 0.15) is 27.9 Å². The summed E-state index contributed by atoms with van der Waals surface area (Å²) in [6.45, 7) is -0.535. The standard InChI is InChI=1S/C18H16N2O4S/c21-17(19-14-9-8-12-4-3-5-13(12)10-14)11-20-18(22)15-6-1-2-7-16(15)25(20,23)24/h1-2,6-10H,3-5,11H2,(H,19,21). The quantitative estimate of drug-likeness (QED) is 0.911. The molecule has 1 aliphatic carbocycles. The summed E-state index contributed by atoms with van der Waals surface area (Å²) in [6.07, 6.45) is 3.13. The van der Waals surface area contributed by atoms with Crippen molar-refractivity contribution in [2.45, 2.75) is 24.2 Å². The normalized spacial score (nSPS) is 17.3. The number of hydrogen-bond acceptors (Lipinski definition) is 4. The molecule has 25 heavy (non-hydrogen) atoms. The molecule has 0 bridgehead atoms. The minimum absolute atomic E-state index is 0.0506. The number of rotatable bonds is 3. The smallest absolute Gasteiger partial charge is 0.269 e. The van der Waals surface area contributed by atoms with Crippen molar-refractivity contribution in [1.82, 2.24) is 4.31 Å². The second-order valence-electron chi connectivity index (χ2n) is 6.20. The summed E-state index contributed by atoms with van der Waals surface area (Å²) in [5, 5.41) is 2.69. The van der Waals surface area contributed by atoms with E-state index in [0.717, 1.165) is 19.3 Å². The fourth-order valence-electron chi connectivity index (χ4n) is 3.37. The van der Waals surface area contributed by atoms with E-state index in [-0.39, 0.29) is 10.5 Å². The lowest BCUT2D eigenvalue weighted by Crippen LogP contribution is -2.37. The Labute approximate surface area is 145 Å². The topological polar surface area (TPSA) is 83.6 Å². The van der Waals surface area contributed by atoms with Gasteiger partial charge in [0.15, 0.2) is 0 Å². The van der Waals surface area contributed by atoms with Crippen LogP contribution in [0.25, 0.3) is 0 Å². The lowest BCUT2D eigenvalue weighted by atomic mass is 10.1. The van der Waals surface area contributed by atoms with Gasteiger partial charge in [-0.25, -0.2) is 12.7 Å². The Kier molecular flexibility index (Phi) is 3.61. The number of anilines is 1. The minimum Gasteiger partial charge on any atom is -0.325 e. The van der Waals surface area contributed by atoms with E-state index in [0.29, 0.717) is 9.99 Å². The molecule has 0 saturated carbocycles. The van der Waals surface area contributed by atoms with Gasteiger partial charge >= 0.3 is 0 Å². The molecule has 0 radical (unpaired) electrons. The van der Waals surface area contributed by atoms with E-state index in [1.807, 2.05) is 12.1 Å². The summed E-state index contributed by atoms with van der Waals surface area (Å²) in [5.41, 5.74) is 3.21. The second kappa shape index (κ2) is 5.70. The highest BCUT2D eigenvalue weighted by Gasteiger charge is 2.41. The van der Waals surface area contributed by atoms with E-state index in [9.17, 15) is 18.0 Å². The molecule has 7 heteroatoms. The molecule has 0 unspecified atom stereocenters. The molecular formula is C18H16N2O4S. The Bertz CT molecular complexity index is 998. The zero-order chi connectivity index (χ0) is 17.6.